The lowest BCUT2D eigenvalue weighted by molar-refractivity contribution is -0.161. The molecule has 1 aliphatic heterocycles. The predicted octanol–water partition coefficient (Wildman–Crippen LogP) is 11.1. The number of amides is 1. The van der Waals surface area contributed by atoms with Crippen LogP contribution in [0.1, 0.15) is 188 Å². The Kier molecular flexibility index (Phi) is 37.6. The number of allylic oxidation sites excluding steroid dienone is 4. The number of carbonyl (C=O) groups is 3. The monoisotopic (exact) mass is 851 g/mol. The first-order chi connectivity index (χ1) is 29.3. The van der Waals surface area contributed by atoms with Gasteiger partial charge in [-0.1, -0.05) is 141 Å². The minimum atomic E-state index is -0.504. The molecule has 1 fully saturated rings. The van der Waals surface area contributed by atoms with E-state index in [1.165, 1.54) is 77.0 Å². The smallest absolute Gasteiger partial charge is 0.409 e. The van der Waals surface area contributed by atoms with Crippen LogP contribution in [0.2, 0.25) is 0 Å². The van der Waals surface area contributed by atoms with Crippen LogP contribution in [-0.2, 0) is 33.3 Å². The van der Waals surface area contributed by atoms with Crippen molar-refractivity contribution in [3.8, 4) is 0 Å². The highest BCUT2D eigenvalue weighted by atomic mass is 16.7. The summed E-state index contributed by atoms with van der Waals surface area (Å²) in [7, 11) is 1.70. The minimum Gasteiger partial charge on any atom is -0.465 e. The molecule has 350 valence electrons. The molecule has 1 N–H and O–H groups in total. The number of ether oxygens (including phenoxy) is 5. The fourth-order valence-corrected chi connectivity index (χ4v) is 6.99. The molecule has 0 aromatic carbocycles. The average molecular weight is 851 g/mol. The van der Waals surface area contributed by atoms with Gasteiger partial charge in [-0.15, -0.1) is 0 Å². The maximum atomic E-state index is 13.0. The van der Waals surface area contributed by atoms with Gasteiger partial charge in [-0.2, -0.15) is 0 Å². The fourth-order valence-electron chi connectivity index (χ4n) is 6.99. The third-order valence-corrected chi connectivity index (χ3v) is 11.1. The molecule has 11 nitrogen and oxygen atoms in total. The Labute approximate surface area is 366 Å². The predicted molar refractivity (Wildman–Crippen MR) is 243 cm³/mol. The standard InChI is InChI=1S/C49H90N2O9/c1-5-8-11-14-17-18-19-20-21-22-23-24-25-26-29-32-46(53)58-41-44(43-60-49(55)50(4)45-39-51(40-45)35-36-52)42-59-47(54)33-34-48(56-37-30-27-15-12-9-6-2)57-38-31-28-16-13-10-7-3/h17-18,20-21,44-45,48,52H,5-16,19,22-43H2,1-4H3/b18-17-,21-20-. The van der Waals surface area contributed by atoms with Gasteiger partial charge in [0.15, 0.2) is 6.29 Å². The number of nitrogens with zero attached hydrogens (tertiary/aromatic N) is 2. The average Bonchev–Trinajstić information content (AvgIpc) is 3.23. The molecule has 60 heavy (non-hydrogen) atoms. The van der Waals surface area contributed by atoms with Gasteiger partial charge < -0.3 is 33.7 Å². The number of esters is 2. The number of β-amino-alcohol motifs (C(OH)–C–C–N with tert-alkyl or cyclic N) is 1. The van der Waals surface area contributed by atoms with Crippen LogP contribution in [0.15, 0.2) is 24.3 Å². The summed E-state index contributed by atoms with van der Waals surface area (Å²) < 4.78 is 29.1. The Bertz CT molecular complexity index is 1060. The molecule has 0 saturated carbocycles. The Hall–Kier alpha value is -2.47. The van der Waals surface area contributed by atoms with Gasteiger partial charge in [0.1, 0.15) is 19.8 Å². The second kappa shape index (κ2) is 40.6. The van der Waals surface area contributed by atoms with Gasteiger partial charge in [0.25, 0.3) is 0 Å². The molecule has 11 heteroatoms. The summed E-state index contributed by atoms with van der Waals surface area (Å²) in [5.74, 6) is -1.20. The van der Waals surface area contributed by atoms with Crippen molar-refractivity contribution in [2.45, 2.75) is 200 Å². The largest absolute Gasteiger partial charge is 0.465 e. The molecule has 1 rings (SSSR count). The molecule has 1 aliphatic rings. The molecule has 1 unspecified atom stereocenters. The zero-order chi connectivity index (χ0) is 43.7. The molecule has 1 heterocycles. The summed E-state index contributed by atoms with van der Waals surface area (Å²) in [6, 6.07) is 0.00134. The van der Waals surface area contributed by atoms with Crippen LogP contribution >= 0.6 is 0 Å². The topological polar surface area (TPSA) is 124 Å². The highest BCUT2D eigenvalue weighted by Crippen LogP contribution is 2.16. The van der Waals surface area contributed by atoms with E-state index in [0.717, 1.165) is 70.6 Å². The van der Waals surface area contributed by atoms with E-state index in [0.29, 0.717) is 45.7 Å². The number of hydrogen-bond acceptors (Lipinski definition) is 10. The van der Waals surface area contributed by atoms with E-state index in [-0.39, 0.29) is 44.9 Å². The molecule has 1 atom stereocenters. The Morgan fingerprint density at radius 2 is 1.08 bits per heavy atom. The van der Waals surface area contributed by atoms with Crippen LogP contribution in [0.5, 0.6) is 0 Å². The van der Waals surface area contributed by atoms with E-state index in [1.807, 2.05) is 0 Å². The second-order valence-corrected chi connectivity index (χ2v) is 16.8. The fraction of sp³-hybridized carbons (Fsp3) is 0.857. The van der Waals surface area contributed by atoms with Crippen LogP contribution in [0, 0.1) is 5.92 Å². The number of aliphatic hydroxyl groups is 1. The molecule has 0 bridgehead atoms. The minimum absolute atomic E-state index is 0.00134. The molecule has 0 spiro atoms. The molecular weight excluding hydrogens is 761 g/mol. The quantitative estimate of drug-likeness (QED) is 0.0209. The molecule has 0 aromatic heterocycles. The second-order valence-electron chi connectivity index (χ2n) is 16.8. The number of hydrogen-bond donors (Lipinski definition) is 1. The molecule has 0 radical (unpaired) electrons. The van der Waals surface area contributed by atoms with Crippen molar-refractivity contribution < 1.29 is 43.2 Å². The van der Waals surface area contributed by atoms with E-state index in [1.54, 1.807) is 11.9 Å². The lowest BCUT2D eigenvalue weighted by atomic mass is 10.1. The zero-order valence-electron chi connectivity index (χ0n) is 38.9. The molecule has 0 aromatic rings. The normalized spacial score (nSPS) is 14.0. The van der Waals surface area contributed by atoms with Gasteiger partial charge in [0.05, 0.1) is 25.0 Å². The number of likely N-dealkylation sites (tertiary alicyclic amines) is 1. The van der Waals surface area contributed by atoms with Crippen molar-refractivity contribution in [1.82, 2.24) is 9.80 Å². The van der Waals surface area contributed by atoms with Crippen molar-refractivity contribution in [3.63, 3.8) is 0 Å². The first-order valence-electron chi connectivity index (χ1n) is 24.4. The summed E-state index contributed by atoms with van der Waals surface area (Å²) in [6.07, 6.45) is 35.2. The van der Waals surface area contributed by atoms with Crippen LogP contribution < -0.4 is 0 Å². The van der Waals surface area contributed by atoms with E-state index < -0.39 is 24.3 Å². The molecule has 1 amide bonds. The van der Waals surface area contributed by atoms with Gasteiger partial charge in [-0.05, 0) is 51.4 Å². The maximum absolute atomic E-state index is 13.0. The van der Waals surface area contributed by atoms with Crippen LogP contribution in [0.25, 0.3) is 0 Å². The van der Waals surface area contributed by atoms with Crippen molar-refractivity contribution in [3.05, 3.63) is 24.3 Å². The summed E-state index contributed by atoms with van der Waals surface area (Å²) >= 11 is 0. The lowest BCUT2D eigenvalue weighted by Gasteiger charge is -2.43. The summed E-state index contributed by atoms with van der Waals surface area (Å²) in [4.78, 5) is 42.2. The van der Waals surface area contributed by atoms with Gasteiger partial charge in [-0.3, -0.25) is 14.5 Å². The van der Waals surface area contributed by atoms with Crippen LogP contribution in [-0.4, -0.2) is 112 Å². The van der Waals surface area contributed by atoms with Gasteiger partial charge in [0.2, 0.25) is 0 Å². The van der Waals surface area contributed by atoms with Crippen LogP contribution in [0.4, 0.5) is 4.79 Å². The number of unbranched alkanes of at least 4 members (excludes halogenated alkanes) is 18. The van der Waals surface area contributed by atoms with Crippen LogP contribution in [0.3, 0.4) is 0 Å². The third kappa shape index (κ3) is 32.3. The molecule has 1 saturated heterocycles. The Balaban J connectivity index is 2.55. The van der Waals surface area contributed by atoms with Crippen molar-refractivity contribution in [2.75, 3.05) is 66.3 Å². The SMILES string of the molecule is CCCCC/C=C\C/C=C\CCCCCCCC(=O)OCC(COC(=O)CCC(OCCCCCCCC)OCCCCCCCC)COC(=O)N(C)C1CN(CCO)C1. The van der Waals surface area contributed by atoms with Gasteiger partial charge in [-0.25, -0.2) is 4.79 Å². The molecule has 0 aliphatic carbocycles. The lowest BCUT2D eigenvalue weighted by Crippen LogP contribution is -2.60. The van der Waals surface area contributed by atoms with E-state index >= 15 is 0 Å². The van der Waals surface area contributed by atoms with E-state index in [9.17, 15) is 19.5 Å². The Morgan fingerprint density at radius 1 is 0.617 bits per heavy atom. The maximum Gasteiger partial charge on any atom is 0.409 e. The number of likely N-dealkylation sites (N-methyl/N-ethyl adjacent to an activating group) is 1. The Morgan fingerprint density at radius 3 is 1.65 bits per heavy atom. The third-order valence-electron chi connectivity index (χ3n) is 11.1. The first-order valence-corrected chi connectivity index (χ1v) is 24.4. The van der Waals surface area contributed by atoms with E-state index in [2.05, 4.69) is 50.0 Å². The van der Waals surface area contributed by atoms with Crippen molar-refractivity contribution in [2.24, 2.45) is 5.92 Å². The van der Waals surface area contributed by atoms with Gasteiger partial charge in [0, 0.05) is 52.7 Å². The van der Waals surface area contributed by atoms with E-state index in [4.69, 9.17) is 23.7 Å². The highest BCUT2D eigenvalue weighted by Gasteiger charge is 2.33. The summed E-state index contributed by atoms with van der Waals surface area (Å²) in [6.45, 7) is 9.76. The highest BCUT2D eigenvalue weighted by molar-refractivity contribution is 5.70. The number of rotatable bonds is 42. The number of aliphatic hydroxyl groups excluding tert-OH is 1. The zero-order valence-corrected chi connectivity index (χ0v) is 38.9. The first kappa shape index (κ1) is 55.5. The summed E-state index contributed by atoms with van der Waals surface area (Å²) in [5.41, 5.74) is 0. The summed E-state index contributed by atoms with van der Waals surface area (Å²) in [5, 5.41) is 9.18. The van der Waals surface area contributed by atoms with Gasteiger partial charge >= 0.3 is 18.0 Å². The number of carbonyl (C=O) groups excluding carboxylic acids is 3. The molecular formula is C49H90N2O9. The van der Waals surface area contributed by atoms with Crippen molar-refractivity contribution >= 4 is 18.0 Å². The van der Waals surface area contributed by atoms with Crippen molar-refractivity contribution in [1.29, 1.82) is 0 Å².